The second-order valence-corrected chi connectivity index (χ2v) is 4.93. The summed E-state index contributed by atoms with van der Waals surface area (Å²) in [4.78, 5) is 23.1. The highest BCUT2D eigenvalue weighted by molar-refractivity contribution is 5.87. The van der Waals surface area contributed by atoms with Crippen LogP contribution in [0.25, 0.3) is 0 Å². The van der Waals surface area contributed by atoms with Gasteiger partial charge in [0.05, 0.1) is 13.7 Å². The fraction of sp³-hybridized carbons (Fsp3) is 0.467. The Hall–Kier alpha value is -2.04. The molecule has 1 aromatic carbocycles. The van der Waals surface area contributed by atoms with Crippen LogP contribution in [0.15, 0.2) is 30.3 Å². The number of benzene rings is 1. The van der Waals surface area contributed by atoms with E-state index in [1.807, 2.05) is 30.3 Å². The molecule has 0 radical (unpaired) electrons. The number of carbonyl (C=O) groups excluding carboxylic acids is 2. The molecule has 0 bridgehead atoms. The first-order valence-electron chi connectivity index (χ1n) is 6.53. The Balaban J connectivity index is 2.25. The maximum Gasteiger partial charge on any atom is 0.330 e. The predicted molar refractivity (Wildman–Crippen MR) is 75.4 cm³/mol. The summed E-state index contributed by atoms with van der Waals surface area (Å²) in [5, 5.41) is 2.64. The van der Waals surface area contributed by atoms with E-state index in [1.165, 1.54) is 7.11 Å². The van der Waals surface area contributed by atoms with Crippen LogP contribution in [0, 0.1) is 0 Å². The van der Waals surface area contributed by atoms with Crippen LogP contribution in [0.2, 0.25) is 0 Å². The monoisotopic (exact) mass is 279 g/mol. The molecule has 5 heteroatoms. The molecular formula is C15H21NO4. The molecular weight excluding hydrogens is 258 g/mol. The van der Waals surface area contributed by atoms with Crippen molar-refractivity contribution in [3.63, 3.8) is 0 Å². The number of hydrogen-bond acceptors (Lipinski definition) is 4. The molecule has 0 fully saturated rings. The van der Waals surface area contributed by atoms with Crippen LogP contribution in [0.3, 0.4) is 0 Å². The molecule has 0 spiro atoms. The van der Waals surface area contributed by atoms with Gasteiger partial charge in [0.1, 0.15) is 11.3 Å². The molecule has 0 unspecified atom stereocenters. The first-order chi connectivity index (χ1) is 9.45. The van der Waals surface area contributed by atoms with Crippen molar-refractivity contribution >= 4 is 11.9 Å². The minimum Gasteiger partial charge on any atom is -0.494 e. The molecule has 110 valence electrons. The van der Waals surface area contributed by atoms with E-state index in [4.69, 9.17) is 4.74 Å². The van der Waals surface area contributed by atoms with Crippen LogP contribution < -0.4 is 10.1 Å². The van der Waals surface area contributed by atoms with Gasteiger partial charge >= 0.3 is 5.97 Å². The maximum absolute atomic E-state index is 11.7. The van der Waals surface area contributed by atoms with E-state index in [9.17, 15) is 9.59 Å². The molecule has 20 heavy (non-hydrogen) atoms. The van der Waals surface area contributed by atoms with E-state index in [-0.39, 0.29) is 5.91 Å². The van der Waals surface area contributed by atoms with Crippen molar-refractivity contribution in [2.75, 3.05) is 13.7 Å². The van der Waals surface area contributed by atoms with Crippen LogP contribution >= 0.6 is 0 Å². The van der Waals surface area contributed by atoms with Gasteiger partial charge in [-0.05, 0) is 32.4 Å². The highest BCUT2D eigenvalue weighted by Gasteiger charge is 2.30. The van der Waals surface area contributed by atoms with E-state index >= 15 is 0 Å². The normalized spacial score (nSPS) is 10.8. The average molecular weight is 279 g/mol. The van der Waals surface area contributed by atoms with Crippen LogP contribution in [0.5, 0.6) is 5.75 Å². The molecule has 0 aliphatic carbocycles. The third kappa shape index (κ3) is 5.30. The number of hydrogen-bond donors (Lipinski definition) is 1. The number of ether oxygens (including phenoxy) is 2. The summed E-state index contributed by atoms with van der Waals surface area (Å²) in [6.45, 7) is 3.67. The zero-order chi connectivity index (χ0) is 15.0. The summed E-state index contributed by atoms with van der Waals surface area (Å²) in [7, 11) is 1.30. The maximum atomic E-state index is 11.7. The molecule has 1 N–H and O–H groups in total. The summed E-state index contributed by atoms with van der Waals surface area (Å²) in [5.74, 6) is 0.117. The molecule has 0 saturated heterocycles. The van der Waals surface area contributed by atoms with E-state index in [0.29, 0.717) is 19.4 Å². The standard InChI is InChI=1S/C15H21NO4/c1-15(2,14(18)19-3)16-13(17)10-7-11-20-12-8-5-4-6-9-12/h4-6,8-9H,7,10-11H2,1-3H3,(H,16,17). The van der Waals surface area contributed by atoms with Crippen molar-refractivity contribution < 1.29 is 19.1 Å². The first-order valence-corrected chi connectivity index (χ1v) is 6.53. The van der Waals surface area contributed by atoms with Crippen LogP contribution in [-0.2, 0) is 14.3 Å². The number of rotatable bonds is 7. The topological polar surface area (TPSA) is 64.6 Å². The average Bonchev–Trinajstić information content (AvgIpc) is 2.43. The predicted octanol–water partition coefficient (Wildman–Crippen LogP) is 1.91. The van der Waals surface area contributed by atoms with Crippen LogP contribution in [-0.4, -0.2) is 31.1 Å². The molecule has 0 aliphatic heterocycles. The third-order valence-corrected chi connectivity index (χ3v) is 2.71. The summed E-state index contributed by atoms with van der Waals surface area (Å²) in [5.41, 5.74) is -1.01. The van der Waals surface area contributed by atoms with Gasteiger partial charge in [-0.25, -0.2) is 4.79 Å². The number of amides is 1. The van der Waals surface area contributed by atoms with Gasteiger partial charge in [-0.2, -0.15) is 0 Å². The van der Waals surface area contributed by atoms with Crippen molar-refractivity contribution in [3.05, 3.63) is 30.3 Å². The third-order valence-electron chi connectivity index (χ3n) is 2.71. The van der Waals surface area contributed by atoms with Gasteiger partial charge in [-0.15, -0.1) is 0 Å². The molecule has 0 heterocycles. The molecule has 0 aromatic heterocycles. The van der Waals surface area contributed by atoms with Crippen molar-refractivity contribution in [2.45, 2.75) is 32.2 Å². The Kier molecular flexibility index (Phi) is 6.03. The minimum absolute atomic E-state index is 0.197. The Bertz CT molecular complexity index is 442. The number of para-hydroxylation sites is 1. The molecule has 1 rings (SSSR count). The molecule has 1 amide bonds. The van der Waals surface area contributed by atoms with E-state index in [2.05, 4.69) is 10.1 Å². The lowest BCUT2D eigenvalue weighted by Crippen LogP contribution is -2.50. The molecule has 0 aliphatic rings. The Morgan fingerprint density at radius 3 is 2.45 bits per heavy atom. The fourth-order valence-electron chi connectivity index (χ4n) is 1.66. The summed E-state index contributed by atoms with van der Waals surface area (Å²) in [6.07, 6.45) is 0.880. The van der Waals surface area contributed by atoms with Gasteiger partial charge in [0.15, 0.2) is 0 Å². The smallest absolute Gasteiger partial charge is 0.330 e. The number of carbonyl (C=O) groups is 2. The van der Waals surface area contributed by atoms with Crippen molar-refractivity contribution in [1.82, 2.24) is 5.32 Å². The molecule has 0 saturated carbocycles. The number of methoxy groups -OCH3 is 1. The Morgan fingerprint density at radius 1 is 1.20 bits per heavy atom. The second kappa shape index (κ2) is 7.53. The van der Waals surface area contributed by atoms with E-state index < -0.39 is 11.5 Å². The largest absolute Gasteiger partial charge is 0.494 e. The quantitative estimate of drug-likeness (QED) is 0.611. The number of nitrogens with one attached hydrogen (secondary N) is 1. The van der Waals surface area contributed by atoms with E-state index in [1.54, 1.807) is 13.8 Å². The Labute approximate surface area is 119 Å². The zero-order valence-electron chi connectivity index (χ0n) is 12.1. The fourth-order valence-corrected chi connectivity index (χ4v) is 1.66. The summed E-state index contributed by atoms with van der Waals surface area (Å²) >= 11 is 0. The van der Waals surface area contributed by atoms with Crippen LogP contribution in [0.1, 0.15) is 26.7 Å². The van der Waals surface area contributed by atoms with Crippen molar-refractivity contribution in [2.24, 2.45) is 0 Å². The highest BCUT2D eigenvalue weighted by atomic mass is 16.5. The van der Waals surface area contributed by atoms with E-state index in [0.717, 1.165) is 5.75 Å². The minimum atomic E-state index is -1.01. The zero-order valence-corrected chi connectivity index (χ0v) is 12.1. The van der Waals surface area contributed by atoms with Gasteiger partial charge in [0.25, 0.3) is 0 Å². The lowest BCUT2D eigenvalue weighted by molar-refractivity contribution is -0.149. The van der Waals surface area contributed by atoms with Gasteiger partial charge in [-0.3, -0.25) is 4.79 Å². The Morgan fingerprint density at radius 2 is 1.85 bits per heavy atom. The van der Waals surface area contributed by atoms with Gasteiger partial charge in [0.2, 0.25) is 5.91 Å². The second-order valence-electron chi connectivity index (χ2n) is 4.93. The number of esters is 1. The summed E-state index contributed by atoms with van der Waals surface area (Å²) < 4.78 is 10.1. The lowest BCUT2D eigenvalue weighted by atomic mass is 10.1. The molecule has 0 atom stereocenters. The van der Waals surface area contributed by atoms with Crippen LogP contribution in [0.4, 0.5) is 0 Å². The van der Waals surface area contributed by atoms with Gasteiger partial charge in [0, 0.05) is 6.42 Å². The van der Waals surface area contributed by atoms with Gasteiger partial charge < -0.3 is 14.8 Å². The van der Waals surface area contributed by atoms with Crippen molar-refractivity contribution in [3.8, 4) is 5.75 Å². The highest BCUT2D eigenvalue weighted by Crippen LogP contribution is 2.09. The summed E-state index contributed by atoms with van der Waals surface area (Å²) in [6, 6.07) is 9.41. The lowest BCUT2D eigenvalue weighted by Gasteiger charge is -2.23. The molecule has 5 nitrogen and oxygen atoms in total. The molecule has 1 aromatic rings. The SMILES string of the molecule is COC(=O)C(C)(C)NC(=O)CCCOc1ccccc1. The first kappa shape index (κ1) is 16.0. The van der Waals surface area contributed by atoms with Gasteiger partial charge in [-0.1, -0.05) is 18.2 Å². The van der Waals surface area contributed by atoms with Crippen molar-refractivity contribution in [1.29, 1.82) is 0 Å².